The van der Waals surface area contributed by atoms with Gasteiger partial charge in [0.25, 0.3) is 0 Å². The Bertz CT molecular complexity index is 317. The lowest BCUT2D eigenvalue weighted by molar-refractivity contribution is 0.218. The van der Waals surface area contributed by atoms with E-state index < -0.39 is 6.67 Å². The smallest absolute Gasteiger partial charge is 0.124 e. The highest BCUT2D eigenvalue weighted by molar-refractivity contribution is 6.30. The SMILES string of the molecule is C[C@H](CF)COc1ccc(Cl)cc1CO. The molecular weight excluding hydrogens is 219 g/mol. The summed E-state index contributed by atoms with van der Waals surface area (Å²) in [6.07, 6.45) is 0. The minimum atomic E-state index is -0.415. The molecule has 84 valence electrons. The van der Waals surface area contributed by atoms with Gasteiger partial charge < -0.3 is 9.84 Å². The Morgan fingerprint density at radius 2 is 2.27 bits per heavy atom. The molecule has 0 aliphatic heterocycles. The summed E-state index contributed by atoms with van der Waals surface area (Å²) >= 11 is 5.76. The summed E-state index contributed by atoms with van der Waals surface area (Å²) in [5.74, 6) is 0.412. The molecule has 0 bridgehead atoms. The van der Waals surface area contributed by atoms with E-state index in [0.29, 0.717) is 22.9 Å². The number of halogens is 2. The van der Waals surface area contributed by atoms with Crippen molar-refractivity contribution in [2.75, 3.05) is 13.3 Å². The van der Waals surface area contributed by atoms with Crippen molar-refractivity contribution in [2.45, 2.75) is 13.5 Å². The van der Waals surface area contributed by atoms with Crippen LogP contribution in [-0.2, 0) is 6.61 Å². The predicted octanol–water partition coefficient (Wildman–Crippen LogP) is 2.82. The lowest BCUT2D eigenvalue weighted by atomic mass is 10.2. The van der Waals surface area contributed by atoms with Crippen molar-refractivity contribution in [1.29, 1.82) is 0 Å². The molecule has 0 radical (unpaired) electrons. The molecule has 1 rings (SSSR count). The fourth-order valence-corrected chi connectivity index (χ4v) is 1.28. The van der Waals surface area contributed by atoms with Gasteiger partial charge in [-0.25, -0.2) is 0 Å². The highest BCUT2D eigenvalue weighted by atomic mass is 35.5. The first-order chi connectivity index (χ1) is 7.17. The van der Waals surface area contributed by atoms with Crippen LogP contribution in [0.4, 0.5) is 4.39 Å². The Hall–Kier alpha value is -0.800. The Labute approximate surface area is 93.6 Å². The van der Waals surface area contributed by atoms with Crippen molar-refractivity contribution < 1.29 is 14.2 Å². The van der Waals surface area contributed by atoms with Crippen LogP contribution in [0.5, 0.6) is 5.75 Å². The molecule has 0 saturated carbocycles. The first-order valence-electron chi connectivity index (χ1n) is 4.75. The van der Waals surface area contributed by atoms with Gasteiger partial charge >= 0.3 is 0 Å². The molecule has 0 saturated heterocycles. The van der Waals surface area contributed by atoms with Gasteiger partial charge in [-0.15, -0.1) is 0 Å². The van der Waals surface area contributed by atoms with E-state index in [1.807, 2.05) is 0 Å². The minimum Gasteiger partial charge on any atom is -0.493 e. The number of rotatable bonds is 5. The quantitative estimate of drug-likeness (QED) is 0.846. The van der Waals surface area contributed by atoms with E-state index in [4.69, 9.17) is 21.4 Å². The zero-order chi connectivity index (χ0) is 11.3. The van der Waals surface area contributed by atoms with Gasteiger partial charge in [-0.2, -0.15) is 0 Å². The van der Waals surface area contributed by atoms with Crippen LogP contribution >= 0.6 is 11.6 Å². The minimum absolute atomic E-state index is 0.139. The lowest BCUT2D eigenvalue weighted by Gasteiger charge is -2.12. The van der Waals surface area contributed by atoms with Gasteiger partial charge in [0.05, 0.1) is 19.9 Å². The van der Waals surface area contributed by atoms with Crippen LogP contribution in [0.1, 0.15) is 12.5 Å². The molecule has 0 heterocycles. The molecule has 1 N–H and O–H groups in total. The summed E-state index contributed by atoms with van der Waals surface area (Å²) in [6.45, 7) is 1.50. The largest absolute Gasteiger partial charge is 0.493 e. The first-order valence-corrected chi connectivity index (χ1v) is 5.13. The van der Waals surface area contributed by atoms with Crippen LogP contribution < -0.4 is 4.74 Å². The third kappa shape index (κ3) is 3.68. The van der Waals surface area contributed by atoms with Gasteiger partial charge in [0.1, 0.15) is 5.75 Å². The molecule has 0 unspecified atom stereocenters. The maximum atomic E-state index is 12.2. The topological polar surface area (TPSA) is 29.5 Å². The molecule has 1 atom stereocenters. The summed E-state index contributed by atoms with van der Waals surface area (Å²) < 4.78 is 17.6. The molecular formula is C11H14ClFO2. The van der Waals surface area contributed by atoms with E-state index in [1.165, 1.54) is 0 Å². The van der Waals surface area contributed by atoms with Crippen molar-refractivity contribution in [1.82, 2.24) is 0 Å². The second-order valence-electron chi connectivity index (χ2n) is 3.48. The Balaban J connectivity index is 2.67. The number of alkyl halides is 1. The Kier molecular flexibility index (Phi) is 4.85. The fraction of sp³-hybridized carbons (Fsp3) is 0.455. The van der Waals surface area contributed by atoms with E-state index in [2.05, 4.69) is 0 Å². The van der Waals surface area contributed by atoms with Crippen LogP contribution in [0.3, 0.4) is 0 Å². The molecule has 4 heteroatoms. The third-order valence-electron chi connectivity index (χ3n) is 1.98. The van der Waals surface area contributed by atoms with Crippen LogP contribution in [0, 0.1) is 5.92 Å². The monoisotopic (exact) mass is 232 g/mol. The van der Waals surface area contributed by atoms with E-state index in [-0.39, 0.29) is 12.5 Å². The number of ether oxygens (including phenoxy) is 1. The van der Waals surface area contributed by atoms with Crippen molar-refractivity contribution in [2.24, 2.45) is 5.92 Å². The number of hydrogen-bond acceptors (Lipinski definition) is 2. The molecule has 0 aliphatic carbocycles. The number of benzene rings is 1. The van der Waals surface area contributed by atoms with E-state index in [0.717, 1.165) is 0 Å². The molecule has 0 fully saturated rings. The normalized spacial score (nSPS) is 12.5. The lowest BCUT2D eigenvalue weighted by Crippen LogP contribution is -2.11. The molecule has 1 aromatic carbocycles. The molecule has 15 heavy (non-hydrogen) atoms. The van der Waals surface area contributed by atoms with Gasteiger partial charge in [-0.3, -0.25) is 4.39 Å². The number of aliphatic hydroxyl groups is 1. The average Bonchev–Trinajstić information content (AvgIpc) is 2.26. The van der Waals surface area contributed by atoms with Gasteiger partial charge in [-0.1, -0.05) is 18.5 Å². The summed E-state index contributed by atoms with van der Waals surface area (Å²) in [6, 6.07) is 4.99. The molecule has 0 aliphatic rings. The standard InChI is InChI=1S/C11H14ClFO2/c1-8(5-13)7-15-11-3-2-10(12)4-9(11)6-14/h2-4,8,14H,5-7H2,1H3/t8-/m1/s1. The van der Waals surface area contributed by atoms with E-state index in [1.54, 1.807) is 25.1 Å². The molecule has 0 aromatic heterocycles. The molecule has 1 aromatic rings. The van der Waals surface area contributed by atoms with E-state index in [9.17, 15) is 4.39 Å². The second-order valence-corrected chi connectivity index (χ2v) is 3.92. The zero-order valence-corrected chi connectivity index (χ0v) is 9.30. The van der Waals surface area contributed by atoms with Gasteiger partial charge in [0, 0.05) is 16.5 Å². The highest BCUT2D eigenvalue weighted by Crippen LogP contribution is 2.23. The van der Waals surface area contributed by atoms with Crippen LogP contribution in [-0.4, -0.2) is 18.4 Å². The Morgan fingerprint density at radius 3 is 2.87 bits per heavy atom. The molecule has 0 spiro atoms. The summed E-state index contributed by atoms with van der Waals surface area (Å²) in [5.41, 5.74) is 0.619. The van der Waals surface area contributed by atoms with Crippen molar-refractivity contribution in [3.8, 4) is 5.75 Å². The second kappa shape index (κ2) is 5.93. The van der Waals surface area contributed by atoms with Crippen LogP contribution in [0.2, 0.25) is 5.02 Å². The van der Waals surface area contributed by atoms with E-state index >= 15 is 0 Å². The maximum absolute atomic E-state index is 12.2. The van der Waals surface area contributed by atoms with Crippen molar-refractivity contribution >= 4 is 11.6 Å². The van der Waals surface area contributed by atoms with Gasteiger partial charge in [-0.05, 0) is 18.2 Å². The van der Waals surface area contributed by atoms with Gasteiger partial charge in [0.15, 0.2) is 0 Å². The number of hydrogen-bond donors (Lipinski definition) is 1. The number of aliphatic hydroxyl groups excluding tert-OH is 1. The molecule has 0 amide bonds. The molecule has 2 nitrogen and oxygen atoms in total. The van der Waals surface area contributed by atoms with Crippen molar-refractivity contribution in [3.63, 3.8) is 0 Å². The van der Waals surface area contributed by atoms with Crippen LogP contribution in [0.25, 0.3) is 0 Å². The highest BCUT2D eigenvalue weighted by Gasteiger charge is 2.06. The fourth-order valence-electron chi connectivity index (χ4n) is 1.09. The first kappa shape index (κ1) is 12.3. The third-order valence-corrected chi connectivity index (χ3v) is 2.21. The maximum Gasteiger partial charge on any atom is 0.124 e. The average molecular weight is 233 g/mol. The summed E-state index contributed by atoms with van der Waals surface area (Å²) in [4.78, 5) is 0. The Morgan fingerprint density at radius 1 is 1.53 bits per heavy atom. The van der Waals surface area contributed by atoms with Crippen molar-refractivity contribution in [3.05, 3.63) is 28.8 Å². The predicted molar refractivity (Wildman–Crippen MR) is 58.0 cm³/mol. The summed E-state index contributed by atoms with van der Waals surface area (Å²) in [7, 11) is 0. The van der Waals surface area contributed by atoms with Crippen LogP contribution in [0.15, 0.2) is 18.2 Å². The summed E-state index contributed by atoms with van der Waals surface area (Å²) in [5, 5.41) is 9.60. The van der Waals surface area contributed by atoms with Gasteiger partial charge in [0.2, 0.25) is 0 Å². The zero-order valence-electron chi connectivity index (χ0n) is 8.54.